The number of rotatable bonds is 10. The van der Waals surface area contributed by atoms with Crippen molar-refractivity contribution in [3.8, 4) is 0 Å². The Morgan fingerprint density at radius 3 is 2.39 bits per heavy atom. The molecule has 1 fully saturated rings. The van der Waals surface area contributed by atoms with Gasteiger partial charge in [-0.05, 0) is 25.2 Å². The van der Waals surface area contributed by atoms with Gasteiger partial charge in [0.25, 0.3) is 0 Å². The molecule has 0 radical (unpaired) electrons. The molecule has 0 aromatic heterocycles. The molecule has 1 aliphatic heterocycles. The monoisotopic (exact) mass is 399 g/mol. The molecule has 0 aliphatic carbocycles. The molecule has 0 spiro atoms. The summed E-state index contributed by atoms with van der Waals surface area (Å²) < 4.78 is 0. The number of carbonyl (C=O) groups excluding carboxylic acids is 4. The van der Waals surface area contributed by atoms with Crippen LogP contribution in [0.15, 0.2) is 0 Å². The van der Waals surface area contributed by atoms with Gasteiger partial charge in [0.15, 0.2) is 0 Å². The van der Waals surface area contributed by atoms with Crippen LogP contribution in [0.5, 0.6) is 0 Å². The standard InChI is InChI=1S/C17H29N5O6/c1-9(2)6-11(15(26)20-8-14(24)25)21-16(27)12-4-3-5-22(12)17(28)10(18)7-13(19)23/h9-12H,3-8,18H2,1-2H3,(H2,19,23)(H,20,26)(H,21,27)(H,24,25)/t10-,11-,12-/m0/s1. The molecule has 0 aromatic carbocycles. The molecule has 1 aliphatic rings. The van der Waals surface area contributed by atoms with Crippen LogP contribution in [0.2, 0.25) is 0 Å². The minimum atomic E-state index is -1.20. The zero-order chi connectivity index (χ0) is 21.4. The lowest BCUT2D eigenvalue weighted by atomic mass is 10.0. The number of hydrogen-bond donors (Lipinski definition) is 5. The summed E-state index contributed by atoms with van der Waals surface area (Å²) in [5, 5.41) is 13.6. The maximum Gasteiger partial charge on any atom is 0.322 e. The zero-order valence-electron chi connectivity index (χ0n) is 16.1. The van der Waals surface area contributed by atoms with Gasteiger partial charge in [0.2, 0.25) is 23.6 Å². The lowest BCUT2D eigenvalue weighted by molar-refractivity contribution is -0.141. The second kappa shape index (κ2) is 10.6. The third-order valence-electron chi connectivity index (χ3n) is 4.33. The smallest absolute Gasteiger partial charge is 0.322 e. The second-order valence-electron chi connectivity index (χ2n) is 7.27. The first-order valence-corrected chi connectivity index (χ1v) is 9.17. The molecule has 0 aromatic rings. The Morgan fingerprint density at radius 2 is 1.86 bits per heavy atom. The summed E-state index contributed by atoms with van der Waals surface area (Å²) in [4.78, 5) is 60.3. The van der Waals surface area contributed by atoms with E-state index in [1.807, 2.05) is 13.8 Å². The van der Waals surface area contributed by atoms with E-state index in [0.717, 1.165) is 0 Å². The molecule has 4 amide bonds. The molecule has 158 valence electrons. The molecule has 7 N–H and O–H groups in total. The quantitative estimate of drug-likeness (QED) is 0.279. The summed E-state index contributed by atoms with van der Waals surface area (Å²) in [7, 11) is 0. The maximum atomic E-state index is 12.7. The van der Waals surface area contributed by atoms with Crippen LogP contribution in [-0.2, 0) is 24.0 Å². The van der Waals surface area contributed by atoms with Crippen molar-refractivity contribution in [2.75, 3.05) is 13.1 Å². The molecule has 3 atom stereocenters. The molecule has 28 heavy (non-hydrogen) atoms. The number of carboxylic acids is 1. The molecule has 11 heteroatoms. The highest BCUT2D eigenvalue weighted by Gasteiger charge is 2.37. The Morgan fingerprint density at radius 1 is 1.21 bits per heavy atom. The largest absolute Gasteiger partial charge is 0.480 e. The molecule has 0 bridgehead atoms. The minimum absolute atomic E-state index is 0.0613. The van der Waals surface area contributed by atoms with Gasteiger partial charge in [0.1, 0.15) is 18.6 Å². The summed E-state index contributed by atoms with van der Waals surface area (Å²) in [6.45, 7) is 3.47. The normalized spacial score (nSPS) is 18.4. The van der Waals surface area contributed by atoms with Gasteiger partial charge in [0, 0.05) is 6.54 Å². The number of nitrogens with one attached hydrogen (secondary N) is 2. The number of likely N-dealkylation sites (tertiary alicyclic amines) is 1. The molecule has 1 saturated heterocycles. The van der Waals surface area contributed by atoms with E-state index >= 15 is 0 Å². The number of nitrogens with two attached hydrogens (primary N) is 2. The van der Waals surface area contributed by atoms with Crippen molar-refractivity contribution in [3.63, 3.8) is 0 Å². The Labute approximate surface area is 163 Å². The maximum absolute atomic E-state index is 12.7. The van der Waals surface area contributed by atoms with Gasteiger partial charge in [-0.25, -0.2) is 0 Å². The van der Waals surface area contributed by atoms with Crippen molar-refractivity contribution >= 4 is 29.6 Å². The molecule has 1 heterocycles. The first kappa shape index (κ1) is 23.3. The SMILES string of the molecule is CC(C)C[C@H](NC(=O)[C@@H]1CCCN1C(=O)[C@@H](N)CC(N)=O)C(=O)NCC(=O)O. The number of primary amides is 1. The van der Waals surface area contributed by atoms with Crippen molar-refractivity contribution in [1.82, 2.24) is 15.5 Å². The highest BCUT2D eigenvalue weighted by molar-refractivity contribution is 5.95. The summed E-state index contributed by atoms with van der Waals surface area (Å²) in [6, 6.07) is -2.87. The second-order valence-corrected chi connectivity index (χ2v) is 7.27. The van der Waals surface area contributed by atoms with Gasteiger partial charge < -0.3 is 32.1 Å². The summed E-state index contributed by atoms with van der Waals surface area (Å²) >= 11 is 0. The van der Waals surface area contributed by atoms with E-state index < -0.39 is 54.3 Å². The molecule has 0 saturated carbocycles. The molecule has 1 rings (SSSR count). The Hall–Kier alpha value is -2.69. The van der Waals surface area contributed by atoms with Crippen LogP contribution in [0.4, 0.5) is 0 Å². The van der Waals surface area contributed by atoms with Crippen LogP contribution in [-0.4, -0.2) is 70.8 Å². The van der Waals surface area contributed by atoms with Crippen LogP contribution < -0.4 is 22.1 Å². The van der Waals surface area contributed by atoms with E-state index in [-0.39, 0.29) is 12.3 Å². The van der Waals surface area contributed by atoms with Crippen molar-refractivity contribution in [2.24, 2.45) is 17.4 Å². The molecular weight excluding hydrogens is 370 g/mol. The average Bonchev–Trinajstić information content (AvgIpc) is 3.06. The third-order valence-corrected chi connectivity index (χ3v) is 4.33. The van der Waals surface area contributed by atoms with Crippen LogP contribution in [0.1, 0.15) is 39.5 Å². The Balaban J connectivity index is 2.81. The van der Waals surface area contributed by atoms with Crippen LogP contribution in [0.3, 0.4) is 0 Å². The van der Waals surface area contributed by atoms with Crippen molar-refractivity contribution in [1.29, 1.82) is 0 Å². The van der Waals surface area contributed by atoms with Crippen molar-refractivity contribution in [3.05, 3.63) is 0 Å². The number of hydrogen-bond acceptors (Lipinski definition) is 6. The van der Waals surface area contributed by atoms with Gasteiger partial charge in [-0.2, -0.15) is 0 Å². The first-order valence-electron chi connectivity index (χ1n) is 9.17. The zero-order valence-corrected chi connectivity index (χ0v) is 16.1. The van der Waals surface area contributed by atoms with Crippen LogP contribution in [0.25, 0.3) is 0 Å². The average molecular weight is 399 g/mol. The number of carbonyl (C=O) groups is 5. The topological polar surface area (TPSA) is 185 Å². The Bertz CT molecular complexity index is 623. The fourth-order valence-corrected chi connectivity index (χ4v) is 3.08. The predicted molar refractivity (Wildman–Crippen MR) is 98.6 cm³/mol. The highest BCUT2D eigenvalue weighted by atomic mass is 16.4. The molecular formula is C17H29N5O6. The third kappa shape index (κ3) is 7.14. The van der Waals surface area contributed by atoms with Crippen molar-refractivity contribution < 1.29 is 29.1 Å². The number of nitrogens with zero attached hydrogens (tertiary/aromatic N) is 1. The number of carboxylic acid groups (broad SMARTS) is 1. The van der Waals surface area contributed by atoms with E-state index in [1.54, 1.807) is 0 Å². The van der Waals surface area contributed by atoms with Gasteiger partial charge >= 0.3 is 5.97 Å². The minimum Gasteiger partial charge on any atom is -0.480 e. The lowest BCUT2D eigenvalue weighted by Crippen LogP contribution is -2.56. The van der Waals surface area contributed by atoms with Crippen molar-refractivity contribution in [2.45, 2.75) is 57.7 Å². The molecule has 11 nitrogen and oxygen atoms in total. The lowest BCUT2D eigenvalue weighted by Gasteiger charge is -2.28. The fraction of sp³-hybridized carbons (Fsp3) is 0.706. The predicted octanol–water partition coefficient (Wildman–Crippen LogP) is -2.09. The van der Waals surface area contributed by atoms with Gasteiger partial charge in [0.05, 0.1) is 12.5 Å². The number of amides is 4. The summed E-state index contributed by atoms with van der Waals surface area (Å²) in [6.07, 6.45) is 0.954. The van der Waals surface area contributed by atoms with Crippen LogP contribution >= 0.6 is 0 Å². The molecule has 0 unspecified atom stereocenters. The van der Waals surface area contributed by atoms with E-state index in [9.17, 15) is 24.0 Å². The van der Waals surface area contributed by atoms with Gasteiger partial charge in [-0.15, -0.1) is 0 Å². The van der Waals surface area contributed by atoms with E-state index in [1.165, 1.54) is 4.90 Å². The van der Waals surface area contributed by atoms with E-state index in [4.69, 9.17) is 16.6 Å². The Kier molecular flexibility index (Phi) is 8.83. The van der Waals surface area contributed by atoms with E-state index in [2.05, 4.69) is 10.6 Å². The summed E-state index contributed by atoms with van der Waals surface area (Å²) in [5.74, 6) is -3.52. The highest BCUT2D eigenvalue weighted by Crippen LogP contribution is 2.19. The first-order chi connectivity index (χ1) is 13.0. The van der Waals surface area contributed by atoms with Gasteiger partial charge in [-0.1, -0.05) is 13.8 Å². The van der Waals surface area contributed by atoms with Gasteiger partial charge in [-0.3, -0.25) is 24.0 Å². The van der Waals surface area contributed by atoms with Crippen LogP contribution in [0, 0.1) is 5.92 Å². The number of aliphatic carboxylic acids is 1. The van der Waals surface area contributed by atoms with E-state index in [0.29, 0.717) is 25.8 Å². The fourth-order valence-electron chi connectivity index (χ4n) is 3.08. The summed E-state index contributed by atoms with van der Waals surface area (Å²) in [5.41, 5.74) is 10.8.